The molecule has 0 bridgehead atoms. The van der Waals surface area contributed by atoms with Crippen molar-refractivity contribution in [2.45, 2.75) is 52.6 Å². The SMILES string of the molecule is CC(=O)N[C@@H](C)C(=O)N(C)[C@@H]1CNC(=O)C1.CCC. The van der Waals surface area contributed by atoms with Crippen LogP contribution in [0.5, 0.6) is 0 Å². The normalized spacial score (nSPS) is 18.8. The molecule has 19 heavy (non-hydrogen) atoms. The molecule has 1 fully saturated rings. The third kappa shape index (κ3) is 6.22. The van der Waals surface area contributed by atoms with Crippen LogP contribution in [0.4, 0.5) is 0 Å². The van der Waals surface area contributed by atoms with E-state index in [9.17, 15) is 14.4 Å². The average molecular weight is 271 g/mol. The molecular weight excluding hydrogens is 246 g/mol. The summed E-state index contributed by atoms with van der Waals surface area (Å²) < 4.78 is 0. The quantitative estimate of drug-likeness (QED) is 0.773. The van der Waals surface area contributed by atoms with E-state index >= 15 is 0 Å². The molecule has 1 saturated heterocycles. The van der Waals surface area contributed by atoms with E-state index in [4.69, 9.17) is 0 Å². The van der Waals surface area contributed by atoms with Gasteiger partial charge in [-0.2, -0.15) is 0 Å². The number of hydrogen-bond donors (Lipinski definition) is 2. The number of carbonyl (C=O) groups excluding carboxylic acids is 3. The van der Waals surface area contributed by atoms with Gasteiger partial charge in [-0.25, -0.2) is 0 Å². The molecule has 0 unspecified atom stereocenters. The minimum atomic E-state index is -0.557. The first kappa shape index (κ1) is 17.4. The minimum Gasteiger partial charge on any atom is -0.354 e. The molecular formula is C13H25N3O3. The first-order chi connectivity index (χ1) is 8.83. The first-order valence-electron chi connectivity index (χ1n) is 6.63. The average Bonchev–Trinajstić information content (AvgIpc) is 2.74. The van der Waals surface area contributed by atoms with Gasteiger partial charge in [-0.15, -0.1) is 0 Å². The Morgan fingerprint density at radius 1 is 1.47 bits per heavy atom. The number of nitrogens with one attached hydrogen (secondary N) is 2. The van der Waals surface area contributed by atoms with Crippen LogP contribution < -0.4 is 10.6 Å². The van der Waals surface area contributed by atoms with Crippen molar-refractivity contribution in [2.24, 2.45) is 0 Å². The van der Waals surface area contributed by atoms with Gasteiger partial charge in [0.2, 0.25) is 17.7 Å². The van der Waals surface area contributed by atoms with Crippen LogP contribution in [0.1, 0.15) is 40.5 Å². The van der Waals surface area contributed by atoms with Gasteiger partial charge < -0.3 is 15.5 Å². The maximum atomic E-state index is 11.8. The van der Waals surface area contributed by atoms with Gasteiger partial charge in [0.25, 0.3) is 0 Å². The van der Waals surface area contributed by atoms with Crippen LogP contribution in [0.2, 0.25) is 0 Å². The molecule has 1 aliphatic heterocycles. The van der Waals surface area contributed by atoms with E-state index in [1.165, 1.54) is 18.2 Å². The molecule has 0 saturated carbocycles. The van der Waals surface area contributed by atoms with Crippen LogP contribution in [0.25, 0.3) is 0 Å². The Kier molecular flexibility index (Phi) is 7.79. The molecule has 3 amide bonds. The monoisotopic (exact) mass is 271 g/mol. The van der Waals surface area contributed by atoms with Crippen molar-refractivity contribution in [3.63, 3.8) is 0 Å². The van der Waals surface area contributed by atoms with Crippen molar-refractivity contribution in [2.75, 3.05) is 13.6 Å². The highest BCUT2D eigenvalue weighted by Crippen LogP contribution is 2.08. The second-order valence-corrected chi connectivity index (χ2v) is 4.74. The number of likely N-dealkylation sites (N-methyl/N-ethyl adjacent to an activating group) is 1. The topological polar surface area (TPSA) is 78.5 Å². The van der Waals surface area contributed by atoms with Gasteiger partial charge in [-0.1, -0.05) is 20.3 Å². The van der Waals surface area contributed by atoms with E-state index in [0.717, 1.165) is 0 Å². The summed E-state index contributed by atoms with van der Waals surface area (Å²) in [6.07, 6.45) is 1.58. The van der Waals surface area contributed by atoms with Crippen LogP contribution >= 0.6 is 0 Å². The molecule has 6 nitrogen and oxygen atoms in total. The van der Waals surface area contributed by atoms with E-state index in [0.29, 0.717) is 13.0 Å². The summed E-state index contributed by atoms with van der Waals surface area (Å²) in [7, 11) is 1.64. The summed E-state index contributed by atoms with van der Waals surface area (Å²) in [5.41, 5.74) is 0. The molecule has 2 N–H and O–H groups in total. The minimum absolute atomic E-state index is 0.0446. The third-order valence-corrected chi connectivity index (χ3v) is 2.64. The second-order valence-electron chi connectivity index (χ2n) is 4.74. The lowest BCUT2D eigenvalue weighted by Crippen LogP contribution is -2.49. The fourth-order valence-electron chi connectivity index (χ4n) is 1.72. The molecule has 0 radical (unpaired) electrons. The molecule has 1 heterocycles. The standard InChI is InChI=1S/C10H17N3O3.C3H8/c1-6(12-7(2)14)10(16)13(3)8-4-9(15)11-5-8;1-3-2/h6,8H,4-5H2,1-3H3,(H,11,15)(H,12,14);3H2,1-2H3/t6-,8-;/m0./s1. The van der Waals surface area contributed by atoms with E-state index in [-0.39, 0.29) is 23.8 Å². The van der Waals surface area contributed by atoms with Gasteiger partial charge in [-0.3, -0.25) is 14.4 Å². The van der Waals surface area contributed by atoms with Crippen molar-refractivity contribution in [3.05, 3.63) is 0 Å². The number of hydrogen-bond acceptors (Lipinski definition) is 3. The fourth-order valence-corrected chi connectivity index (χ4v) is 1.72. The van der Waals surface area contributed by atoms with Crippen LogP contribution in [-0.4, -0.2) is 48.3 Å². The van der Waals surface area contributed by atoms with Crippen molar-refractivity contribution < 1.29 is 14.4 Å². The largest absolute Gasteiger partial charge is 0.354 e. The van der Waals surface area contributed by atoms with E-state index < -0.39 is 6.04 Å². The van der Waals surface area contributed by atoms with Crippen LogP contribution in [0.15, 0.2) is 0 Å². The molecule has 6 heteroatoms. The lowest BCUT2D eigenvalue weighted by atomic mass is 10.2. The summed E-state index contributed by atoms with van der Waals surface area (Å²) in [5, 5.41) is 5.19. The highest BCUT2D eigenvalue weighted by Gasteiger charge is 2.30. The lowest BCUT2D eigenvalue weighted by molar-refractivity contribution is -0.136. The molecule has 1 rings (SSSR count). The smallest absolute Gasteiger partial charge is 0.244 e. The van der Waals surface area contributed by atoms with Crippen LogP contribution in [0, 0.1) is 0 Å². The summed E-state index contributed by atoms with van der Waals surface area (Å²) in [6, 6.07) is -0.672. The predicted molar refractivity (Wildman–Crippen MR) is 73.4 cm³/mol. The predicted octanol–water partition coefficient (Wildman–Crippen LogP) is 0.274. The molecule has 1 aliphatic rings. The van der Waals surface area contributed by atoms with Gasteiger partial charge >= 0.3 is 0 Å². The Bertz CT molecular complexity index is 331. The summed E-state index contributed by atoms with van der Waals surface area (Å²) in [4.78, 5) is 35.2. The van der Waals surface area contributed by atoms with Gasteiger partial charge in [0.05, 0.1) is 6.04 Å². The zero-order valence-corrected chi connectivity index (χ0v) is 12.4. The zero-order chi connectivity index (χ0) is 15.0. The van der Waals surface area contributed by atoms with Crippen molar-refractivity contribution in [3.8, 4) is 0 Å². The Balaban J connectivity index is 0.000000982. The molecule has 0 aromatic heterocycles. The zero-order valence-electron chi connectivity index (χ0n) is 12.4. The summed E-state index contributed by atoms with van der Waals surface area (Å²) in [6.45, 7) is 7.72. The Hall–Kier alpha value is -1.59. The molecule has 110 valence electrons. The first-order valence-corrected chi connectivity index (χ1v) is 6.63. The molecule has 0 aliphatic carbocycles. The molecule has 0 spiro atoms. The van der Waals surface area contributed by atoms with Crippen molar-refractivity contribution >= 4 is 17.7 Å². The lowest BCUT2D eigenvalue weighted by Gasteiger charge is -2.26. The molecule has 0 aromatic carbocycles. The third-order valence-electron chi connectivity index (χ3n) is 2.64. The summed E-state index contributed by atoms with van der Waals surface area (Å²) >= 11 is 0. The maximum Gasteiger partial charge on any atom is 0.244 e. The number of rotatable bonds is 3. The highest BCUT2D eigenvalue weighted by atomic mass is 16.2. The Morgan fingerprint density at radius 3 is 2.37 bits per heavy atom. The number of carbonyl (C=O) groups is 3. The Morgan fingerprint density at radius 2 is 2.00 bits per heavy atom. The van der Waals surface area contributed by atoms with Crippen LogP contribution in [-0.2, 0) is 14.4 Å². The van der Waals surface area contributed by atoms with E-state index in [1.54, 1.807) is 14.0 Å². The van der Waals surface area contributed by atoms with Crippen molar-refractivity contribution in [1.29, 1.82) is 0 Å². The van der Waals surface area contributed by atoms with Gasteiger partial charge in [0.1, 0.15) is 6.04 Å². The Labute approximate surface area is 114 Å². The van der Waals surface area contributed by atoms with Gasteiger partial charge in [0, 0.05) is 26.9 Å². The van der Waals surface area contributed by atoms with Crippen LogP contribution in [0.3, 0.4) is 0 Å². The van der Waals surface area contributed by atoms with E-state index in [2.05, 4.69) is 24.5 Å². The van der Waals surface area contributed by atoms with Gasteiger partial charge in [-0.05, 0) is 6.92 Å². The number of amides is 3. The molecule has 2 atom stereocenters. The van der Waals surface area contributed by atoms with Gasteiger partial charge in [0.15, 0.2) is 0 Å². The molecule has 0 aromatic rings. The highest BCUT2D eigenvalue weighted by molar-refractivity contribution is 5.87. The van der Waals surface area contributed by atoms with Crippen molar-refractivity contribution in [1.82, 2.24) is 15.5 Å². The van der Waals surface area contributed by atoms with E-state index in [1.807, 2.05) is 0 Å². The second kappa shape index (κ2) is 8.50. The maximum absolute atomic E-state index is 11.8. The fraction of sp³-hybridized carbons (Fsp3) is 0.769. The number of nitrogens with zero attached hydrogens (tertiary/aromatic N) is 1. The summed E-state index contributed by atoms with van der Waals surface area (Å²) in [5.74, 6) is -0.469.